The van der Waals surface area contributed by atoms with E-state index < -0.39 is 12.1 Å². The van der Waals surface area contributed by atoms with Crippen LogP contribution < -0.4 is 0 Å². The van der Waals surface area contributed by atoms with Gasteiger partial charge in [0, 0.05) is 21.3 Å². The highest BCUT2D eigenvalue weighted by atomic mass is 16.5. The Labute approximate surface area is 146 Å². The lowest BCUT2D eigenvalue weighted by atomic mass is 10.1. The van der Waals surface area contributed by atoms with Crippen molar-refractivity contribution in [2.24, 2.45) is 10.1 Å². The van der Waals surface area contributed by atoms with Crippen LogP contribution in [0.1, 0.15) is 6.92 Å². The van der Waals surface area contributed by atoms with Crippen LogP contribution in [0.15, 0.2) is 10.1 Å². The number of urea groups is 1. The van der Waals surface area contributed by atoms with Crippen LogP contribution in [0.25, 0.3) is 0 Å². The number of hydrogen-bond donors (Lipinski definition) is 0. The molecule has 0 aliphatic carbocycles. The summed E-state index contributed by atoms with van der Waals surface area (Å²) in [7, 11) is 4.79. The lowest BCUT2D eigenvalue weighted by Crippen LogP contribution is -2.63. The van der Waals surface area contributed by atoms with Crippen LogP contribution >= 0.6 is 0 Å². The fourth-order valence-corrected chi connectivity index (χ4v) is 3.12. The first kappa shape index (κ1) is 17.5. The zero-order valence-electron chi connectivity index (χ0n) is 14.9. The van der Waals surface area contributed by atoms with Crippen LogP contribution in [0.4, 0.5) is 4.79 Å². The van der Waals surface area contributed by atoms with Crippen molar-refractivity contribution in [3.63, 3.8) is 0 Å². The first-order chi connectivity index (χ1) is 12.0. The molecule has 0 aromatic rings. The van der Waals surface area contributed by atoms with Crippen molar-refractivity contribution in [2.75, 3.05) is 54.1 Å². The number of amidine groups is 1. The predicted octanol–water partition coefficient (Wildman–Crippen LogP) is -0.986. The quantitative estimate of drug-likeness (QED) is 0.574. The van der Waals surface area contributed by atoms with Crippen molar-refractivity contribution >= 4 is 29.4 Å². The average molecular weight is 351 g/mol. The molecule has 1 unspecified atom stereocenters. The third kappa shape index (κ3) is 2.91. The van der Waals surface area contributed by atoms with E-state index in [-0.39, 0.29) is 12.5 Å². The highest BCUT2D eigenvalue weighted by Crippen LogP contribution is 2.22. The Balaban J connectivity index is 1.94. The number of guanidine groups is 1. The average Bonchev–Trinajstić information content (AvgIpc) is 2.97. The molecule has 1 fully saturated rings. The van der Waals surface area contributed by atoms with Crippen LogP contribution in [0.3, 0.4) is 0 Å². The maximum Gasteiger partial charge on any atom is 0.416 e. The van der Waals surface area contributed by atoms with Crippen LogP contribution in [0, 0.1) is 0 Å². The molecule has 0 saturated carbocycles. The zero-order valence-corrected chi connectivity index (χ0v) is 14.9. The number of methoxy groups -OCH3 is 2. The van der Waals surface area contributed by atoms with E-state index in [0.29, 0.717) is 38.1 Å². The number of hydrogen-bond acceptors (Lipinski definition) is 7. The lowest BCUT2D eigenvalue weighted by Gasteiger charge is -2.34. The van der Waals surface area contributed by atoms with E-state index in [2.05, 4.69) is 10.1 Å². The molecule has 0 aromatic carbocycles. The minimum atomic E-state index is -0.620. The molecule has 0 aromatic heterocycles. The number of likely N-dealkylation sites (N-methyl/N-ethyl adjacent to an activating group) is 1. The Morgan fingerprint density at radius 2 is 1.88 bits per heavy atom. The SMILES string of the molecule is COCCN1N=C(C)C[N+]2=C1N=C1C2C(=O)N(CCOC)C(=O)N1C. The molecular weight excluding hydrogens is 328 g/mol. The second-order valence-corrected chi connectivity index (χ2v) is 6.08. The molecule has 1 saturated heterocycles. The third-order valence-corrected chi connectivity index (χ3v) is 4.34. The summed E-state index contributed by atoms with van der Waals surface area (Å²) < 4.78 is 12.0. The number of carbonyl (C=O) groups is 2. The number of aliphatic imine (C=N–C) groups is 1. The monoisotopic (exact) mass is 351 g/mol. The van der Waals surface area contributed by atoms with Crippen LogP contribution in [0.2, 0.25) is 0 Å². The first-order valence-electron chi connectivity index (χ1n) is 8.10. The van der Waals surface area contributed by atoms with Gasteiger partial charge in [-0.05, 0) is 6.92 Å². The van der Waals surface area contributed by atoms with E-state index in [1.807, 2.05) is 11.5 Å². The molecule has 3 amide bonds. The normalized spacial score (nSPS) is 23.0. The predicted molar refractivity (Wildman–Crippen MR) is 89.8 cm³/mol. The molecule has 3 aliphatic rings. The van der Waals surface area contributed by atoms with Crippen LogP contribution in [-0.2, 0) is 14.3 Å². The summed E-state index contributed by atoms with van der Waals surface area (Å²) in [5, 5.41) is 6.21. The molecular formula is C15H23N6O4+. The molecule has 1 atom stereocenters. The van der Waals surface area contributed by atoms with Gasteiger partial charge < -0.3 is 9.47 Å². The van der Waals surface area contributed by atoms with Gasteiger partial charge >= 0.3 is 12.0 Å². The Kier molecular flexibility index (Phi) is 4.82. The van der Waals surface area contributed by atoms with Crippen molar-refractivity contribution in [1.29, 1.82) is 0 Å². The molecule has 10 heteroatoms. The number of carbonyl (C=O) groups excluding carboxylic acids is 2. The van der Waals surface area contributed by atoms with E-state index in [1.54, 1.807) is 19.2 Å². The second-order valence-electron chi connectivity index (χ2n) is 6.08. The molecule has 3 aliphatic heterocycles. The van der Waals surface area contributed by atoms with Crippen molar-refractivity contribution in [3.05, 3.63) is 0 Å². The minimum Gasteiger partial charge on any atom is -0.383 e. The summed E-state index contributed by atoms with van der Waals surface area (Å²) in [6.07, 6.45) is 0. The zero-order chi connectivity index (χ0) is 18.1. The van der Waals surface area contributed by atoms with Gasteiger partial charge in [0.1, 0.15) is 13.1 Å². The minimum absolute atomic E-state index is 0.214. The molecule has 3 rings (SSSR count). The molecule has 0 bridgehead atoms. The van der Waals surface area contributed by atoms with E-state index in [9.17, 15) is 9.59 Å². The molecule has 0 spiro atoms. The Morgan fingerprint density at radius 1 is 1.20 bits per heavy atom. The molecule has 0 radical (unpaired) electrons. The molecule has 0 N–H and O–H groups in total. The largest absolute Gasteiger partial charge is 0.416 e. The topological polar surface area (TPSA) is 90.0 Å². The summed E-state index contributed by atoms with van der Waals surface area (Å²) in [4.78, 5) is 32.7. The van der Waals surface area contributed by atoms with Gasteiger partial charge in [-0.25, -0.2) is 9.37 Å². The van der Waals surface area contributed by atoms with E-state index in [1.165, 1.54) is 16.9 Å². The number of ether oxygens (including phenoxy) is 2. The number of amides is 3. The highest BCUT2D eigenvalue weighted by molar-refractivity contribution is 6.23. The Bertz CT molecular complexity index is 686. The van der Waals surface area contributed by atoms with E-state index >= 15 is 0 Å². The van der Waals surface area contributed by atoms with Gasteiger partial charge in [0.15, 0.2) is 0 Å². The van der Waals surface area contributed by atoms with E-state index in [0.717, 1.165) is 5.71 Å². The fraction of sp³-hybridized carbons (Fsp3) is 0.667. The number of nitrogens with zero attached hydrogens (tertiary/aromatic N) is 6. The van der Waals surface area contributed by atoms with E-state index in [4.69, 9.17) is 9.47 Å². The van der Waals surface area contributed by atoms with Gasteiger partial charge in [-0.2, -0.15) is 0 Å². The summed E-state index contributed by atoms with van der Waals surface area (Å²) in [6, 6.07) is -1.01. The summed E-state index contributed by atoms with van der Waals surface area (Å²) in [6.45, 7) is 3.89. The molecule has 10 nitrogen and oxygen atoms in total. The van der Waals surface area contributed by atoms with Crippen molar-refractivity contribution < 1.29 is 23.6 Å². The maximum atomic E-state index is 13.0. The van der Waals surface area contributed by atoms with Gasteiger partial charge in [0.2, 0.25) is 11.9 Å². The third-order valence-electron chi connectivity index (χ3n) is 4.34. The number of rotatable bonds is 6. The second kappa shape index (κ2) is 6.89. The number of fused-ring (bicyclic) bond motifs is 2. The van der Waals surface area contributed by atoms with Gasteiger partial charge in [-0.1, -0.05) is 4.99 Å². The Hall–Kier alpha value is -2.33. The summed E-state index contributed by atoms with van der Waals surface area (Å²) in [5.74, 6) is 0.727. The smallest absolute Gasteiger partial charge is 0.383 e. The van der Waals surface area contributed by atoms with Gasteiger partial charge in [-0.15, -0.1) is 10.1 Å². The molecule has 25 heavy (non-hydrogen) atoms. The fourth-order valence-electron chi connectivity index (χ4n) is 3.12. The summed E-state index contributed by atoms with van der Waals surface area (Å²) in [5.41, 5.74) is 0.868. The summed E-state index contributed by atoms with van der Waals surface area (Å²) >= 11 is 0. The Morgan fingerprint density at radius 3 is 2.56 bits per heavy atom. The van der Waals surface area contributed by atoms with Crippen molar-refractivity contribution in [1.82, 2.24) is 14.8 Å². The number of imide groups is 1. The molecule has 136 valence electrons. The standard InChI is InChI=1S/C15H23N6O4/c1-10-9-20-11-12(16-14(20)21(17-10)6-8-25-4)18(2)15(23)19(13(11)22)5-7-24-3/h11H,5-9H2,1-4H3/q+1. The maximum absolute atomic E-state index is 13.0. The first-order valence-corrected chi connectivity index (χ1v) is 8.10. The molecule has 3 heterocycles. The van der Waals surface area contributed by atoms with Gasteiger partial charge in [0.25, 0.3) is 5.91 Å². The van der Waals surface area contributed by atoms with Crippen LogP contribution in [0.5, 0.6) is 0 Å². The number of hydrazone groups is 1. The van der Waals surface area contributed by atoms with Gasteiger partial charge in [0.05, 0.1) is 25.5 Å². The van der Waals surface area contributed by atoms with Gasteiger partial charge in [-0.3, -0.25) is 14.6 Å². The van der Waals surface area contributed by atoms with Crippen LogP contribution in [-0.4, -0.2) is 109 Å². The lowest BCUT2D eigenvalue weighted by molar-refractivity contribution is -0.527. The van der Waals surface area contributed by atoms with Crippen molar-refractivity contribution in [2.45, 2.75) is 13.0 Å². The van der Waals surface area contributed by atoms with Crippen molar-refractivity contribution in [3.8, 4) is 0 Å². The highest BCUT2D eigenvalue weighted by Gasteiger charge is 2.54.